The van der Waals surface area contributed by atoms with E-state index in [9.17, 15) is 14.4 Å². The van der Waals surface area contributed by atoms with Gasteiger partial charge in [0.25, 0.3) is 5.91 Å². The number of unbranched alkanes of at least 4 members (excludes halogenated alkanes) is 1. The molecule has 0 spiro atoms. The Morgan fingerprint density at radius 1 is 1.13 bits per heavy atom. The van der Waals surface area contributed by atoms with Gasteiger partial charge < -0.3 is 15.0 Å². The molecule has 160 valence electrons. The van der Waals surface area contributed by atoms with E-state index in [1.54, 1.807) is 18.9 Å². The lowest BCUT2D eigenvalue weighted by Gasteiger charge is -2.24. The van der Waals surface area contributed by atoms with E-state index < -0.39 is 17.5 Å². The summed E-state index contributed by atoms with van der Waals surface area (Å²) in [6.07, 6.45) is 1.86. The molecular formula is C23H29N3O4. The lowest BCUT2D eigenvalue weighted by Crippen LogP contribution is -2.44. The van der Waals surface area contributed by atoms with Crippen molar-refractivity contribution >= 4 is 28.6 Å². The van der Waals surface area contributed by atoms with Crippen LogP contribution in [0.15, 0.2) is 36.4 Å². The second kappa shape index (κ2) is 8.73. The van der Waals surface area contributed by atoms with E-state index in [0.29, 0.717) is 18.7 Å². The normalized spacial score (nSPS) is 18.6. The second-order valence-corrected chi connectivity index (χ2v) is 7.70. The van der Waals surface area contributed by atoms with Gasteiger partial charge in [-0.05, 0) is 54.8 Å². The Morgan fingerprint density at radius 3 is 2.50 bits per heavy atom. The van der Waals surface area contributed by atoms with Gasteiger partial charge >= 0.3 is 6.03 Å². The van der Waals surface area contributed by atoms with Crippen LogP contribution in [-0.4, -0.2) is 54.4 Å². The average molecular weight is 412 g/mol. The molecule has 0 radical (unpaired) electrons. The molecule has 1 fully saturated rings. The van der Waals surface area contributed by atoms with Crippen LogP contribution < -0.4 is 10.1 Å². The summed E-state index contributed by atoms with van der Waals surface area (Å²) in [6.45, 7) is 6.56. The van der Waals surface area contributed by atoms with Crippen LogP contribution in [0.1, 0.15) is 39.2 Å². The molecule has 2 aromatic carbocycles. The summed E-state index contributed by atoms with van der Waals surface area (Å²) in [5, 5.41) is 4.69. The summed E-state index contributed by atoms with van der Waals surface area (Å²) >= 11 is 0. The van der Waals surface area contributed by atoms with Gasteiger partial charge in [-0.1, -0.05) is 31.5 Å². The van der Waals surface area contributed by atoms with Gasteiger partial charge in [0.2, 0.25) is 5.91 Å². The number of hydrogen-bond donors (Lipinski definition) is 1. The number of nitrogens with zero attached hydrogens (tertiary/aromatic N) is 2. The summed E-state index contributed by atoms with van der Waals surface area (Å²) in [4.78, 5) is 41.1. The molecule has 2 aromatic rings. The van der Waals surface area contributed by atoms with Gasteiger partial charge in [0, 0.05) is 13.1 Å². The maximum atomic E-state index is 13.2. The van der Waals surface area contributed by atoms with Crippen LogP contribution >= 0.6 is 0 Å². The summed E-state index contributed by atoms with van der Waals surface area (Å²) in [6, 6.07) is 10.7. The first kappa shape index (κ1) is 21.6. The number of amides is 4. The predicted octanol–water partition coefficient (Wildman–Crippen LogP) is 3.26. The third kappa shape index (κ3) is 3.97. The first-order chi connectivity index (χ1) is 14.3. The zero-order chi connectivity index (χ0) is 21.9. The highest BCUT2D eigenvalue weighted by atomic mass is 16.5. The third-order valence-corrected chi connectivity index (χ3v) is 5.71. The van der Waals surface area contributed by atoms with E-state index in [1.165, 1.54) is 0 Å². The van der Waals surface area contributed by atoms with Gasteiger partial charge in [-0.3, -0.25) is 14.5 Å². The number of methoxy groups -OCH3 is 1. The highest BCUT2D eigenvalue weighted by Gasteiger charge is 2.49. The van der Waals surface area contributed by atoms with Gasteiger partial charge in [-0.15, -0.1) is 0 Å². The van der Waals surface area contributed by atoms with E-state index in [1.807, 2.05) is 43.3 Å². The monoisotopic (exact) mass is 411 g/mol. The zero-order valence-corrected chi connectivity index (χ0v) is 18.0. The summed E-state index contributed by atoms with van der Waals surface area (Å²) in [5.74, 6) is 0.115. The number of nitrogens with one attached hydrogen (secondary N) is 1. The molecule has 4 amide bonds. The molecule has 0 aromatic heterocycles. The Balaban J connectivity index is 1.83. The number of fused-ring (bicyclic) bond motifs is 1. The van der Waals surface area contributed by atoms with E-state index >= 15 is 0 Å². The standard InChI is InChI=1S/C23H29N3O4/c1-5-7-12-25(6-2)20(27)15-26-21(28)23(3,24-22(26)29)18-10-8-17-14-19(30-4)11-9-16(17)13-18/h8-11,13-14H,5-7,12,15H2,1-4H3,(H,24,29)/t23-/m1/s1. The highest BCUT2D eigenvalue weighted by Crippen LogP contribution is 2.32. The molecule has 0 aliphatic carbocycles. The molecule has 1 atom stereocenters. The number of imide groups is 1. The van der Waals surface area contributed by atoms with Crippen LogP contribution in [-0.2, 0) is 15.1 Å². The van der Waals surface area contributed by atoms with Gasteiger partial charge in [0.15, 0.2) is 0 Å². The molecule has 7 nitrogen and oxygen atoms in total. The molecule has 0 bridgehead atoms. The number of urea groups is 1. The molecule has 1 aliphatic heterocycles. The Labute approximate surface area is 177 Å². The molecular weight excluding hydrogens is 382 g/mol. The SMILES string of the molecule is CCCCN(CC)C(=O)CN1C(=O)N[C@](C)(c2ccc3cc(OC)ccc3c2)C1=O. The lowest BCUT2D eigenvalue weighted by molar-refractivity contribution is -0.138. The Kier molecular flexibility index (Phi) is 6.29. The minimum Gasteiger partial charge on any atom is -0.497 e. The first-order valence-electron chi connectivity index (χ1n) is 10.3. The summed E-state index contributed by atoms with van der Waals surface area (Å²) < 4.78 is 5.25. The average Bonchev–Trinajstić information content (AvgIpc) is 2.97. The highest BCUT2D eigenvalue weighted by molar-refractivity contribution is 6.09. The lowest BCUT2D eigenvalue weighted by atomic mass is 9.90. The fraction of sp³-hybridized carbons (Fsp3) is 0.435. The molecule has 1 heterocycles. The van der Waals surface area contributed by atoms with Crippen LogP contribution in [0.2, 0.25) is 0 Å². The number of ether oxygens (including phenoxy) is 1. The van der Waals surface area contributed by atoms with Crippen LogP contribution in [0.4, 0.5) is 4.79 Å². The van der Waals surface area contributed by atoms with Crippen molar-refractivity contribution < 1.29 is 19.1 Å². The number of rotatable bonds is 8. The predicted molar refractivity (Wildman–Crippen MR) is 115 cm³/mol. The number of likely N-dealkylation sites (N-methyl/N-ethyl adjacent to an activating group) is 1. The van der Waals surface area contributed by atoms with Gasteiger partial charge in [0.05, 0.1) is 7.11 Å². The number of carbonyl (C=O) groups is 3. The Morgan fingerprint density at radius 2 is 1.83 bits per heavy atom. The molecule has 0 unspecified atom stereocenters. The molecule has 0 saturated carbocycles. The number of hydrogen-bond acceptors (Lipinski definition) is 4. The van der Waals surface area contributed by atoms with Crippen molar-refractivity contribution in [3.8, 4) is 5.75 Å². The smallest absolute Gasteiger partial charge is 0.325 e. The van der Waals surface area contributed by atoms with E-state index in [2.05, 4.69) is 12.2 Å². The molecule has 1 aliphatic rings. The summed E-state index contributed by atoms with van der Waals surface area (Å²) in [5.41, 5.74) is -0.543. The van der Waals surface area contributed by atoms with Crippen molar-refractivity contribution in [3.05, 3.63) is 42.0 Å². The van der Waals surface area contributed by atoms with Crippen molar-refractivity contribution in [2.75, 3.05) is 26.7 Å². The minimum atomic E-state index is -1.22. The van der Waals surface area contributed by atoms with Gasteiger partial charge in [-0.25, -0.2) is 4.79 Å². The van der Waals surface area contributed by atoms with Crippen LogP contribution in [0, 0.1) is 0 Å². The number of carbonyl (C=O) groups excluding carboxylic acids is 3. The Hall–Kier alpha value is -3.09. The first-order valence-corrected chi connectivity index (χ1v) is 10.3. The Bertz CT molecular complexity index is 974. The van der Waals surface area contributed by atoms with Crippen LogP contribution in [0.25, 0.3) is 10.8 Å². The van der Waals surface area contributed by atoms with Crippen molar-refractivity contribution in [1.29, 1.82) is 0 Å². The second-order valence-electron chi connectivity index (χ2n) is 7.70. The third-order valence-electron chi connectivity index (χ3n) is 5.71. The van der Waals surface area contributed by atoms with E-state index in [-0.39, 0.29) is 12.5 Å². The van der Waals surface area contributed by atoms with Crippen molar-refractivity contribution in [2.24, 2.45) is 0 Å². The molecule has 3 rings (SSSR count). The van der Waals surface area contributed by atoms with Crippen LogP contribution in [0.5, 0.6) is 5.75 Å². The minimum absolute atomic E-state index is 0.218. The van der Waals surface area contributed by atoms with Crippen molar-refractivity contribution in [1.82, 2.24) is 15.1 Å². The maximum Gasteiger partial charge on any atom is 0.325 e. The van der Waals surface area contributed by atoms with E-state index in [4.69, 9.17) is 4.74 Å². The zero-order valence-electron chi connectivity index (χ0n) is 18.0. The van der Waals surface area contributed by atoms with Gasteiger partial charge in [-0.2, -0.15) is 0 Å². The molecule has 1 saturated heterocycles. The molecule has 7 heteroatoms. The quantitative estimate of drug-likeness (QED) is 0.676. The largest absolute Gasteiger partial charge is 0.497 e. The fourth-order valence-electron chi connectivity index (χ4n) is 3.74. The molecule has 1 N–H and O–H groups in total. The van der Waals surface area contributed by atoms with Crippen molar-refractivity contribution in [3.63, 3.8) is 0 Å². The summed E-state index contributed by atoms with van der Waals surface area (Å²) in [7, 11) is 1.61. The van der Waals surface area contributed by atoms with Gasteiger partial charge in [0.1, 0.15) is 17.8 Å². The van der Waals surface area contributed by atoms with Crippen molar-refractivity contribution in [2.45, 2.75) is 39.2 Å². The number of benzene rings is 2. The van der Waals surface area contributed by atoms with E-state index in [0.717, 1.165) is 34.3 Å². The maximum absolute atomic E-state index is 13.2. The van der Waals surface area contributed by atoms with Crippen LogP contribution in [0.3, 0.4) is 0 Å². The topological polar surface area (TPSA) is 79.0 Å². The fourth-order valence-corrected chi connectivity index (χ4v) is 3.74. The molecule has 30 heavy (non-hydrogen) atoms.